The van der Waals surface area contributed by atoms with Gasteiger partial charge < -0.3 is 20.9 Å². The number of carbonyl (C=O) groups excluding carboxylic acids is 1. The zero-order valence-corrected chi connectivity index (χ0v) is 17.2. The molecule has 0 aromatic heterocycles. The lowest BCUT2D eigenvalue weighted by molar-refractivity contribution is -0.132. The van der Waals surface area contributed by atoms with Crippen LogP contribution < -0.4 is 11.1 Å². The average molecular weight is 377 g/mol. The van der Waals surface area contributed by atoms with Gasteiger partial charge in [-0.05, 0) is 64.4 Å². The van der Waals surface area contributed by atoms with Crippen molar-refractivity contribution in [1.29, 1.82) is 0 Å². The third-order valence-corrected chi connectivity index (χ3v) is 5.47. The maximum atomic E-state index is 12.8. The largest absolute Gasteiger partial charge is 0.391 e. The molecule has 2 rings (SSSR count). The van der Waals surface area contributed by atoms with Crippen LogP contribution in [-0.4, -0.2) is 41.9 Å². The van der Waals surface area contributed by atoms with Gasteiger partial charge in [-0.25, -0.2) is 0 Å². The molecule has 0 saturated heterocycles. The fourth-order valence-corrected chi connectivity index (χ4v) is 3.98. The first kappa shape index (κ1) is 21.9. The maximum absolute atomic E-state index is 12.8. The molecule has 5 heteroatoms. The second kappa shape index (κ2) is 9.67. The Labute approximate surface area is 163 Å². The minimum absolute atomic E-state index is 0.0538. The van der Waals surface area contributed by atoms with Gasteiger partial charge in [-0.15, -0.1) is 0 Å². The number of ether oxygens (including phenoxy) is 1. The van der Waals surface area contributed by atoms with E-state index in [4.69, 9.17) is 10.5 Å². The van der Waals surface area contributed by atoms with Crippen molar-refractivity contribution in [3.05, 3.63) is 35.9 Å². The van der Waals surface area contributed by atoms with Crippen LogP contribution in [0.5, 0.6) is 0 Å². The number of aliphatic hydroxyl groups excluding tert-OH is 1. The summed E-state index contributed by atoms with van der Waals surface area (Å²) in [6.45, 7) is 5.96. The van der Waals surface area contributed by atoms with Crippen LogP contribution in [0, 0.1) is 11.8 Å². The van der Waals surface area contributed by atoms with Gasteiger partial charge >= 0.3 is 0 Å². The molecule has 1 saturated carbocycles. The first-order valence-electron chi connectivity index (χ1n) is 10.0. The molecule has 0 radical (unpaired) electrons. The fraction of sp³-hybridized carbons (Fsp3) is 0.682. The van der Waals surface area contributed by atoms with E-state index in [9.17, 15) is 9.90 Å². The summed E-state index contributed by atoms with van der Waals surface area (Å²) in [5, 5.41) is 13.8. The van der Waals surface area contributed by atoms with E-state index >= 15 is 0 Å². The second-order valence-electron chi connectivity index (χ2n) is 8.93. The molecule has 1 aromatic carbocycles. The summed E-state index contributed by atoms with van der Waals surface area (Å²) >= 11 is 0. The number of nitrogens with two attached hydrogens (primary N) is 1. The molecular weight excluding hydrogens is 340 g/mol. The summed E-state index contributed by atoms with van der Waals surface area (Å²) in [6, 6.07) is 9.64. The van der Waals surface area contributed by atoms with Gasteiger partial charge in [0.1, 0.15) is 0 Å². The molecule has 3 unspecified atom stereocenters. The van der Waals surface area contributed by atoms with Gasteiger partial charge in [0.2, 0.25) is 5.91 Å². The number of hydrogen-bond acceptors (Lipinski definition) is 4. The van der Waals surface area contributed by atoms with Crippen LogP contribution in [0.15, 0.2) is 30.3 Å². The molecule has 4 N–H and O–H groups in total. The van der Waals surface area contributed by atoms with Crippen molar-refractivity contribution in [3.63, 3.8) is 0 Å². The number of hydrogen-bond donors (Lipinski definition) is 3. The Morgan fingerprint density at radius 1 is 1.30 bits per heavy atom. The van der Waals surface area contributed by atoms with E-state index in [-0.39, 0.29) is 35.4 Å². The van der Waals surface area contributed by atoms with E-state index in [0.717, 1.165) is 18.4 Å². The smallest absolute Gasteiger partial charge is 0.223 e. The molecule has 152 valence electrons. The number of rotatable bonds is 7. The molecule has 0 spiro atoms. The van der Waals surface area contributed by atoms with Gasteiger partial charge in [0.15, 0.2) is 0 Å². The summed E-state index contributed by atoms with van der Waals surface area (Å²) < 4.78 is 5.51. The lowest BCUT2D eigenvalue weighted by Crippen LogP contribution is -2.49. The van der Waals surface area contributed by atoms with E-state index in [2.05, 4.69) is 5.32 Å². The molecule has 1 aliphatic carbocycles. The van der Waals surface area contributed by atoms with Crippen molar-refractivity contribution >= 4 is 5.91 Å². The van der Waals surface area contributed by atoms with Gasteiger partial charge in [0.05, 0.1) is 12.2 Å². The normalized spacial score (nSPS) is 25.6. The van der Waals surface area contributed by atoms with E-state index in [0.29, 0.717) is 19.3 Å². The SMILES string of the molecule is COC1CCC(C[C@@H](O)[C@@H](N)Cc2ccccc2)C(C(=O)NC(C)(C)C)C1. The number of benzene rings is 1. The fourth-order valence-electron chi connectivity index (χ4n) is 3.98. The first-order chi connectivity index (χ1) is 12.7. The maximum Gasteiger partial charge on any atom is 0.223 e. The van der Waals surface area contributed by atoms with Crippen LogP contribution in [0.1, 0.15) is 52.0 Å². The topological polar surface area (TPSA) is 84.6 Å². The summed E-state index contributed by atoms with van der Waals surface area (Å²) in [5.41, 5.74) is 7.11. The third-order valence-electron chi connectivity index (χ3n) is 5.47. The van der Waals surface area contributed by atoms with Crippen LogP contribution in [0.2, 0.25) is 0 Å². The summed E-state index contributed by atoms with van der Waals surface area (Å²) in [6.07, 6.45) is 3.15. The second-order valence-corrected chi connectivity index (χ2v) is 8.93. The van der Waals surface area contributed by atoms with Gasteiger partial charge in [0, 0.05) is 24.6 Å². The van der Waals surface area contributed by atoms with Crippen molar-refractivity contribution in [2.75, 3.05) is 7.11 Å². The van der Waals surface area contributed by atoms with Crippen LogP contribution in [-0.2, 0) is 16.0 Å². The number of aliphatic hydroxyl groups is 1. The number of amides is 1. The first-order valence-corrected chi connectivity index (χ1v) is 10.0. The van der Waals surface area contributed by atoms with Gasteiger partial charge in [-0.1, -0.05) is 30.3 Å². The summed E-state index contributed by atoms with van der Waals surface area (Å²) in [7, 11) is 1.70. The highest BCUT2D eigenvalue weighted by molar-refractivity contribution is 5.79. The Hall–Kier alpha value is -1.43. The van der Waals surface area contributed by atoms with Crippen molar-refractivity contribution in [1.82, 2.24) is 5.32 Å². The van der Waals surface area contributed by atoms with E-state index in [1.54, 1.807) is 7.11 Å². The Bertz CT molecular complexity index is 585. The highest BCUT2D eigenvalue weighted by Crippen LogP contribution is 2.35. The van der Waals surface area contributed by atoms with Crippen molar-refractivity contribution in [2.45, 2.75) is 76.7 Å². The Morgan fingerprint density at radius 2 is 1.96 bits per heavy atom. The molecule has 5 nitrogen and oxygen atoms in total. The van der Waals surface area contributed by atoms with E-state index < -0.39 is 6.10 Å². The van der Waals surface area contributed by atoms with Crippen LogP contribution in [0.4, 0.5) is 0 Å². The molecule has 0 aliphatic heterocycles. The highest BCUT2D eigenvalue weighted by atomic mass is 16.5. The molecule has 1 fully saturated rings. The molecule has 0 bridgehead atoms. The van der Waals surface area contributed by atoms with Crippen molar-refractivity contribution in [2.24, 2.45) is 17.6 Å². The molecule has 1 aromatic rings. The molecule has 27 heavy (non-hydrogen) atoms. The van der Waals surface area contributed by atoms with E-state index in [1.807, 2.05) is 51.1 Å². The average Bonchev–Trinajstić information content (AvgIpc) is 2.61. The van der Waals surface area contributed by atoms with Crippen LogP contribution >= 0.6 is 0 Å². The predicted molar refractivity (Wildman–Crippen MR) is 108 cm³/mol. The Morgan fingerprint density at radius 3 is 2.56 bits per heavy atom. The third kappa shape index (κ3) is 6.91. The molecular formula is C22H36N2O3. The zero-order chi connectivity index (χ0) is 20.0. The Kier molecular flexibility index (Phi) is 7.83. The number of carbonyl (C=O) groups is 1. The Balaban J connectivity index is 2.00. The summed E-state index contributed by atoms with van der Waals surface area (Å²) in [5.74, 6) is 0.0233. The number of methoxy groups -OCH3 is 1. The minimum Gasteiger partial charge on any atom is -0.391 e. The van der Waals surface area contributed by atoms with Crippen LogP contribution in [0.3, 0.4) is 0 Å². The zero-order valence-electron chi connectivity index (χ0n) is 17.2. The number of nitrogens with one attached hydrogen (secondary N) is 1. The van der Waals surface area contributed by atoms with Crippen molar-refractivity contribution in [3.8, 4) is 0 Å². The lowest BCUT2D eigenvalue weighted by atomic mass is 9.73. The monoisotopic (exact) mass is 376 g/mol. The standard InChI is InChI=1S/C22H36N2O3/c1-22(2,3)24-21(26)18-14-17(27-4)11-10-16(18)13-20(25)19(23)12-15-8-6-5-7-9-15/h5-9,16-20,25H,10-14,23H2,1-4H3,(H,24,26)/t16?,17?,18?,19-,20+/m0/s1. The molecule has 0 heterocycles. The van der Waals surface area contributed by atoms with Gasteiger partial charge in [0.25, 0.3) is 0 Å². The summed E-state index contributed by atoms with van der Waals surface area (Å²) in [4.78, 5) is 12.8. The molecule has 1 aliphatic rings. The van der Waals surface area contributed by atoms with Crippen molar-refractivity contribution < 1.29 is 14.6 Å². The quantitative estimate of drug-likeness (QED) is 0.683. The minimum atomic E-state index is -0.626. The van der Waals surface area contributed by atoms with Gasteiger partial charge in [-0.2, -0.15) is 0 Å². The highest BCUT2D eigenvalue weighted by Gasteiger charge is 2.38. The van der Waals surface area contributed by atoms with Gasteiger partial charge in [-0.3, -0.25) is 4.79 Å². The predicted octanol–water partition coefficient (Wildman–Crippen LogP) is 2.65. The molecule has 1 amide bonds. The molecule has 5 atom stereocenters. The van der Waals surface area contributed by atoms with Crippen LogP contribution in [0.25, 0.3) is 0 Å². The van der Waals surface area contributed by atoms with E-state index in [1.165, 1.54) is 0 Å². The lowest BCUT2D eigenvalue weighted by Gasteiger charge is -2.37.